The Bertz CT molecular complexity index is 398. The third kappa shape index (κ3) is 2.11. The van der Waals surface area contributed by atoms with E-state index in [1.807, 2.05) is 24.3 Å². The number of carbonyl (C=O) groups excluding carboxylic acids is 1. The van der Waals surface area contributed by atoms with Crippen molar-refractivity contribution in [3.63, 3.8) is 0 Å². The summed E-state index contributed by atoms with van der Waals surface area (Å²) in [6.07, 6.45) is 0. The average Bonchev–Trinajstić information content (AvgIpc) is 2.16. The smallest absolute Gasteiger partial charge is 0.261 e. The van der Waals surface area contributed by atoms with Gasteiger partial charge in [-0.1, -0.05) is 22.0 Å². The van der Waals surface area contributed by atoms with Crippen LogP contribution < -0.4 is 5.32 Å². The van der Waals surface area contributed by atoms with E-state index in [0.29, 0.717) is 13.2 Å². The van der Waals surface area contributed by atoms with E-state index in [2.05, 4.69) is 21.2 Å². The van der Waals surface area contributed by atoms with Crippen molar-refractivity contribution in [1.82, 2.24) is 0 Å². The number of rotatable bonds is 3. The normalized spacial score (nSPS) is 17.6. The van der Waals surface area contributed by atoms with Gasteiger partial charge in [-0.2, -0.15) is 0 Å². The molecule has 0 unspecified atom stereocenters. The molecule has 1 aromatic rings. The molecule has 0 aliphatic carbocycles. The maximum Gasteiger partial charge on any atom is 0.261 e. The highest BCUT2D eigenvalue weighted by Crippen LogP contribution is 2.24. The quantitative estimate of drug-likeness (QED) is 0.921. The van der Waals surface area contributed by atoms with Gasteiger partial charge < -0.3 is 14.8 Å². The van der Waals surface area contributed by atoms with Gasteiger partial charge in [0.15, 0.2) is 5.60 Å². The molecule has 16 heavy (non-hydrogen) atoms. The van der Waals surface area contributed by atoms with Crippen LogP contribution in [-0.2, 0) is 14.3 Å². The van der Waals surface area contributed by atoms with Crippen molar-refractivity contribution in [3.05, 3.63) is 28.7 Å². The Morgan fingerprint density at radius 3 is 2.81 bits per heavy atom. The van der Waals surface area contributed by atoms with Gasteiger partial charge >= 0.3 is 0 Å². The van der Waals surface area contributed by atoms with Crippen molar-refractivity contribution in [1.29, 1.82) is 0 Å². The van der Waals surface area contributed by atoms with Crippen LogP contribution in [-0.4, -0.2) is 31.8 Å². The van der Waals surface area contributed by atoms with E-state index in [1.165, 1.54) is 7.11 Å². The molecule has 86 valence electrons. The van der Waals surface area contributed by atoms with E-state index < -0.39 is 5.60 Å². The summed E-state index contributed by atoms with van der Waals surface area (Å²) in [5.74, 6) is -0.167. The third-order valence-corrected chi connectivity index (χ3v) is 3.05. The molecule has 0 bridgehead atoms. The number of anilines is 1. The Hall–Kier alpha value is -0.910. The zero-order valence-electron chi connectivity index (χ0n) is 8.83. The minimum absolute atomic E-state index is 0.167. The zero-order valence-corrected chi connectivity index (χ0v) is 10.4. The molecule has 2 rings (SSSR count). The molecular weight excluding hydrogens is 274 g/mol. The van der Waals surface area contributed by atoms with E-state index >= 15 is 0 Å². The Morgan fingerprint density at radius 1 is 1.56 bits per heavy atom. The third-order valence-electron chi connectivity index (χ3n) is 2.56. The zero-order chi connectivity index (χ0) is 11.6. The lowest BCUT2D eigenvalue weighted by Gasteiger charge is -2.38. The molecule has 1 fully saturated rings. The Kier molecular flexibility index (Phi) is 3.28. The van der Waals surface area contributed by atoms with Crippen molar-refractivity contribution in [2.75, 3.05) is 25.6 Å². The second-order valence-electron chi connectivity index (χ2n) is 3.66. The van der Waals surface area contributed by atoms with Crippen molar-refractivity contribution in [2.45, 2.75) is 5.60 Å². The second-order valence-corrected chi connectivity index (χ2v) is 4.57. The molecule has 0 radical (unpaired) electrons. The molecule has 0 atom stereocenters. The summed E-state index contributed by atoms with van der Waals surface area (Å²) >= 11 is 3.34. The van der Waals surface area contributed by atoms with Crippen LogP contribution in [0.15, 0.2) is 28.7 Å². The van der Waals surface area contributed by atoms with Crippen LogP contribution in [0.25, 0.3) is 0 Å². The van der Waals surface area contributed by atoms with Gasteiger partial charge in [-0.15, -0.1) is 0 Å². The van der Waals surface area contributed by atoms with Crippen LogP contribution in [0.3, 0.4) is 0 Å². The van der Waals surface area contributed by atoms with Crippen LogP contribution in [0.4, 0.5) is 5.69 Å². The van der Waals surface area contributed by atoms with E-state index in [4.69, 9.17) is 9.47 Å². The summed E-state index contributed by atoms with van der Waals surface area (Å²) < 4.78 is 11.1. The van der Waals surface area contributed by atoms with Gasteiger partial charge in [-0.3, -0.25) is 4.79 Å². The number of hydrogen-bond acceptors (Lipinski definition) is 3. The summed E-state index contributed by atoms with van der Waals surface area (Å²) in [5, 5.41) is 2.80. The number of methoxy groups -OCH3 is 1. The van der Waals surface area contributed by atoms with Crippen LogP contribution in [0.5, 0.6) is 0 Å². The van der Waals surface area contributed by atoms with E-state index in [-0.39, 0.29) is 5.91 Å². The Labute approximate surface area is 102 Å². The number of benzene rings is 1. The monoisotopic (exact) mass is 285 g/mol. The first-order chi connectivity index (χ1) is 7.66. The van der Waals surface area contributed by atoms with Gasteiger partial charge in [0.1, 0.15) is 0 Å². The first kappa shape index (κ1) is 11.6. The second kappa shape index (κ2) is 4.53. The molecule has 5 heteroatoms. The van der Waals surface area contributed by atoms with E-state index in [9.17, 15) is 4.79 Å². The fourth-order valence-electron chi connectivity index (χ4n) is 1.44. The highest BCUT2D eigenvalue weighted by molar-refractivity contribution is 9.10. The van der Waals surface area contributed by atoms with Crippen LogP contribution >= 0.6 is 15.9 Å². The number of ether oxygens (including phenoxy) is 2. The minimum atomic E-state index is -0.817. The first-order valence-corrected chi connectivity index (χ1v) is 5.65. The number of halogens is 1. The largest absolute Gasteiger partial charge is 0.374 e. The Morgan fingerprint density at radius 2 is 2.31 bits per heavy atom. The SMILES string of the molecule is COC1(C(=O)Nc2cccc(Br)c2)COC1. The fourth-order valence-corrected chi connectivity index (χ4v) is 1.84. The fraction of sp³-hybridized carbons (Fsp3) is 0.364. The molecule has 1 amide bonds. The maximum atomic E-state index is 11.9. The van der Waals surface area contributed by atoms with Crippen molar-refractivity contribution < 1.29 is 14.3 Å². The van der Waals surface area contributed by atoms with Gasteiger partial charge in [0.05, 0.1) is 13.2 Å². The molecule has 1 N–H and O–H groups in total. The topological polar surface area (TPSA) is 47.6 Å². The number of nitrogens with one attached hydrogen (secondary N) is 1. The minimum Gasteiger partial charge on any atom is -0.374 e. The first-order valence-electron chi connectivity index (χ1n) is 4.86. The highest BCUT2D eigenvalue weighted by atomic mass is 79.9. The molecule has 0 saturated carbocycles. The number of carbonyl (C=O) groups is 1. The Balaban J connectivity index is 2.07. The van der Waals surface area contributed by atoms with Gasteiger partial charge in [0, 0.05) is 17.3 Å². The average molecular weight is 286 g/mol. The summed E-state index contributed by atoms with van der Waals surface area (Å²) in [7, 11) is 1.52. The lowest BCUT2D eigenvalue weighted by molar-refractivity contribution is -0.196. The predicted molar refractivity (Wildman–Crippen MR) is 63.3 cm³/mol. The van der Waals surface area contributed by atoms with Crippen molar-refractivity contribution in [3.8, 4) is 0 Å². The maximum absolute atomic E-state index is 11.9. The number of hydrogen-bond donors (Lipinski definition) is 1. The number of amides is 1. The summed E-state index contributed by atoms with van der Waals surface area (Å²) in [6, 6.07) is 7.41. The lowest BCUT2D eigenvalue weighted by atomic mass is 10.0. The van der Waals surface area contributed by atoms with Crippen molar-refractivity contribution in [2.24, 2.45) is 0 Å². The highest BCUT2D eigenvalue weighted by Gasteiger charge is 2.46. The summed E-state index contributed by atoms with van der Waals surface area (Å²) in [5.41, 5.74) is -0.0785. The lowest BCUT2D eigenvalue weighted by Crippen LogP contribution is -2.59. The standard InChI is InChI=1S/C11H12BrNO3/c1-15-11(6-16-7-11)10(14)13-9-4-2-3-8(12)5-9/h2-5H,6-7H2,1H3,(H,13,14). The molecule has 1 aliphatic rings. The van der Waals surface area contributed by atoms with Crippen molar-refractivity contribution >= 4 is 27.5 Å². The van der Waals surface area contributed by atoms with Crippen LogP contribution in [0.2, 0.25) is 0 Å². The predicted octanol–water partition coefficient (Wildman–Crippen LogP) is 1.80. The summed E-state index contributed by atoms with van der Waals surface area (Å²) in [4.78, 5) is 11.9. The molecular formula is C11H12BrNO3. The van der Waals surface area contributed by atoms with Gasteiger partial charge in [-0.25, -0.2) is 0 Å². The summed E-state index contributed by atoms with van der Waals surface area (Å²) in [6.45, 7) is 0.618. The van der Waals surface area contributed by atoms with Crippen LogP contribution in [0, 0.1) is 0 Å². The molecule has 0 spiro atoms. The molecule has 4 nitrogen and oxygen atoms in total. The van der Waals surface area contributed by atoms with Gasteiger partial charge in [0.2, 0.25) is 0 Å². The molecule has 0 aromatic heterocycles. The van der Waals surface area contributed by atoms with E-state index in [0.717, 1.165) is 10.2 Å². The molecule has 1 aromatic carbocycles. The van der Waals surface area contributed by atoms with Gasteiger partial charge in [0.25, 0.3) is 5.91 Å². The van der Waals surface area contributed by atoms with Crippen LogP contribution in [0.1, 0.15) is 0 Å². The molecule has 1 aliphatic heterocycles. The molecule has 1 heterocycles. The molecule has 1 saturated heterocycles. The van der Waals surface area contributed by atoms with E-state index in [1.54, 1.807) is 0 Å². The van der Waals surface area contributed by atoms with Gasteiger partial charge in [-0.05, 0) is 18.2 Å².